The van der Waals surface area contributed by atoms with Gasteiger partial charge >= 0.3 is 0 Å². The van der Waals surface area contributed by atoms with Gasteiger partial charge < -0.3 is 0 Å². The van der Waals surface area contributed by atoms with Gasteiger partial charge in [0.15, 0.2) is 0 Å². The number of hydrogen-bond acceptors (Lipinski definition) is 0. The fourth-order valence-corrected chi connectivity index (χ4v) is 4.02. The highest BCUT2D eigenvalue weighted by molar-refractivity contribution is 6.92. The predicted molar refractivity (Wildman–Crippen MR) is 82.0 cm³/mol. The van der Waals surface area contributed by atoms with Crippen molar-refractivity contribution >= 4 is 13.3 Å². The lowest BCUT2D eigenvalue weighted by molar-refractivity contribution is 0.729. The van der Waals surface area contributed by atoms with Crippen LogP contribution >= 0.6 is 0 Å². The first-order valence-corrected chi connectivity index (χ1v) is 9.86. The van der Waals surface area contributed by atoms with Crippen LogP contribution in [0.15, 0.2) is 18.2 Å². The SMILES string of the molecule is CCc1ccc([Si](C)(C)C(C)(C)C)cc1CC. The van der Waals surface area contributed by atoms with Crippen LogP contribution in [-0.2, 0) is 12.8 Å². The topological polar surface area (TPSA) is 0 Å². The molecule has 0 aliphatic carbocycles. The van der Waals surface area contributed by atoms with Crippen LogP contribution < -0.4 is 5.19 Å². The smallest absolute Gasteiger partial charge is 0.0651 e. The Morgan fingerprint density at radius 1 is 0.941 bits per heavy atom. The maximum absolute atomic E-state index is 2.49. The highest BCUT2D eigenvalue weighted by Crippen LogP contribution is 2.35. The van der Waals surface area contributed by atoms with E-state index in [2.05, 4.69) is 65.9 Å². The van der Waals surface area contributed by atoms with E-state index in [1.54, 1.807) is 10.8 Å². The third-order valence-corrected chi connectivity index (χ3v) is 10.1. The van der Waals surface area contributed by atoms with Crippen molar-refractivity contribution in [2.24, 2.45) is 0 Å². The summed E-state index contributed by atoms with van der Waals surface area (Å²) in [6.45, 7) is 16.7. The fraction of sp³-hybridized carbons (Fsp3) is 0.625. The second-order valence-corrected chi connectivity index (χ2v) is 11.9. The van der Waals surface area contributed by atoms with Gasteiger partial charge in [0.2, 0.25) is 0 Å². The van der Waals surface area contributed by atoms with Gasteiger partial charge in [-0.1, -0.05) is 71.1 Å². The predicted octanol–water partition coefficient (Wildman–Crippen LogP) is 4.53. The van der Waals surface area contributed by atoms with E-state index in [0.717, 1.165) is 12.8 Å². The van der Waals surface area contributed by atoms with Gasteiger partial charge in [-0.05, 0) is 29.0 Å². The molecule has 96 valence electrons. The van der Waals surface area contributed by atoms with E-state index in [1.165, 1.54) is 5.56 Å². The fourth-order valence-electron chi connectivity index (χ4n) is 2.12. The lowest BCUT2D eigenvalue weighted by Crippen LogP contribution is -2.49. The van der Waals surface area contributed by atoms with Crippen LogP contribution in [0.3, 0.4) is 0 Å². The number of hydrogen-bond donors (Lipinski definition) is 0. The molecular weight excluding hydrogens is 220 g/mol. The molecule has 0 bridgehead atoms. The summed E-state index contributed by atoms with van der Waals surface area (Å²) in [5.74, 6) is 0. The molecule has 1 aromatic carbocycles. The molecule has 0 spiro atoms. The molecule has 1 rings (SSSR count). The maximum atomic E-state index is 2.49. The first kappa shape index (κ1) is 14.5. The Morgan fingerprint density at radius 2 is 1.47 bits per heavy atom. The quantitative estimate of drug-likeness (QED) is 0.690. The summed E-state index contributed by atoms with van der Waals surface area (Å²) in [6.07, 6.45) is 2.31. The molecule has 0 radical (unpaired) electrons. The number of benzene rings is 1. The van der Waals surface area contributed by atoms with Crippen LogP contribution in [-0.4, -0.2) is 8.07 Å². The van der Waals surface area contributed by atoms with E-state index >= 15 is 0 Å². The van der Waals surface area contributed by atoms with E-state index in [9.17, 15) is 0 Å². The molecule has 0 aromatic heterocycles. The van der Waals surface area contributed by atoms with Crippen molar-refractivity contribution in [3.63, 3.8) is 0 Å². The lowest BCUT2D eigenvalue weighted by Gasteiger charge is -2.37. The molecule has 0 fully saturated rings. The molecule has 0 aliphatic heterocycles. The van der Waals surface area contributed by atoms with Crippen molar-refractivity contribution in [1.82, 2.24) is 0 Å². The standard InChI is InChI=1S/C16H28Si/c1-8-13-10-11-15(12-14(13)9-2)17(6,7)16(3,4)5/h10-12H,8-9H2,1-7H3. The van der Waals surface area contributed by atoms with E-state index in [4.69, 9.17) is 0 Å². The second-order valence-electron chi connectivity index (χ2n) is 6.57. The Kier molecular flexibility index (Phi) is 4.24. The third-order valence-electron chi connectivity index (χ3n) is 4.56. The minimum absolute atomic E-state index is 0.422. The van der Waals surface area contributed by atoms with Gasteiger partial charge in [-0.2, -0.15) is 0 Å². The van der Waals surface area contributed by atoms with Crippen LogP contribution in [0.5, 0.6) is 0 Å². The normalized spacial score (nSPS) is 12.9. The molecular formula is C16H28Si. The Labute approximate surface area is 108 Å². The highest BCUT2D eigenvalue weighted by Gasteiger charge is 2.36. The van der Waals surface area contributed by atoms with Crippen LogP contribution in [0.25, 0.3) is 0 Å². The molecule has 0 unspecified atom stereocenters. The van der Waals surface area contributed by atoms with E-state index in [-0.39, 0.29) is 0 Å². The Morgan fingerprint density at radius 3 is 1.88 bits per heavy atom. The third kappa shape index (κ3) is 2.82. The van der Waals surface area contributed by atoms with Crippen molar-refractivity contribution in [2.45, 2.75) is 65.6 Å². The minimum atomic E-state index is -1.36. The monoisotopic (exact) mass is 248 g/mol. The molecule has 0 amide bonds. The van der Waals surface area contributed by atoms with Crippen LogP contribution in [0, 0.1) is 0 Å². The zero-order valence-electron chi connectivity index (χ0n) is 12.6. The average Bonchev–Trinajstić information content (AvgIpc) is 2.26. The Balaban J connectivity index is 3.25. The molecule has 0 N–H and O–H groups in total. The number of rotatable bonds is 3. The van der Waals surface area contributed by atoms with E-state index < -0.39 is 8.07 Å². The molecule has 1 heteroatoms. The van der Waals surface area contributed by atoms with Gasteiger partial charge in [0.05, 0.1) is 8.07 Å². The molecule has 0 nitrogen and oxygen atoms in total. The van der Waals surface area contributed by atoms with Crippen molar-refractivity contribution in [3.05, 3.63) is 29.3 Å². The molecule has 1 aromatic rings. The van der Waals surface area contributed by atoms with Crippen LogP contribution in [0.1, 0.15) is 45.7 Å². The van der Waals surface area contributed by atoms with Crippen LogP contribution in [0.4, 0.5) is 0 Å². The number of aryl methyl sites for hydroxylation is 2. The first-order chi connectivity index (χ1) is 7.74. The molecule has 0 heterocycles. The van der Waals surface area contributed by atoms with Crippen LogP contribution in [0.2, 0.25) is 18.1 Å². The highest BCUT2D eigenvalue weighted by atomic mass is 28.3. The van der Waals surface area contributed by atoms with Crippen molar-refractivity contribution in [3.8, 4) is 0 Å². The summed E-state index contributed by atoms with van der Waals surface area (Å²) in [4.78, 5) is 0. The molecule has 0 saturated carbocycles. The van der Waals surface area contributed by atoms with Crippen molar-refractivity contribution in [1.29, 1.82) is 0 Å². The van der Waals surface area contributed by atoms with Crippen molar-refractivity contribution in [2.75, 3.05) is 0 Å². The minimum Gasteiger partial charge on any atom is -0.0651 e. The van der Waals surface area contributed by atoms with E-state index in [0.29, 0.717) is 5.04 Å². The van der Waals surface area contributed by atoms with Gasteiger partial charge in [0.25, 0.3) is 0 Å². The lowest BCUT2D eigenvalue weighted by atomic mass is 10.0. The van der Waals surface area contributed by atoms with Gasteiger partial charge in [0.1, 0.15) is 0 Å². The summed E-state index contributed by atoms with van der Waals surface area (Å²) < 4.78 is 0. The van der Waals surface area contributed by atoms with Gasteiger partial charge in [0, 0.05) is 0 Å². The molecule has 17 heavy (non-hydrogen) atoms. The zero-order valence-corrected chi connectivity index (χ0v) is 13.6. The van der Waals surface area contributed by atoms with Gasteiger partial charge in [-0.3, -0.25) is 0 Å². The average molecular weight is 248 g/mol. The Bertz CT molecular complexity index is 383. The molecule has 0 aliphatic rings. The summed E-state index contributed by atoms with van der Waals surface area (Å²) in [7, 11) is -1.36. The largest absolute Gasteiger partial charge is 0.0859 e. The van der Waals surface area contributed by atoms with Gasteiger partial charge in [-0.15, -0.1) is 0 Å². The maximum Gasteiger partial charge on any atom is 0.0859 e. The summed E-state index contributed by atoms with van der Waals surface area (Å²) in [6, 6.07) is 7.22. The van der Waals surface area contributed by atoms with Gasteiger partial charge in [-0.25, -0.2) is 0 Å². The summed E-state index contributed by atoms with van der Waals surface area (Å²) >= 11 is 0. The summed E-state index contributed by atoms with van der Waals surface area (Å²) in [5, 5.41) is 2.03. The van der Waals surface area contributed by atoms with Crippen molar-refractivity contribution < 1.29 is 0 Å². The molecule has 0 atom stereocenters. The Hall–Kier alpha value is -0.563. The van der Waals surface area contributed by atoms with E-state index in [1.807, 2.05) is 0 Å². The summed E-state index contributed by atoms with van der Waals surface area (Å²) in [5.41, 5.74) is 3.07. The first-order valence-electron chi connectivity index (χ1n) is 6.86. The molecule has 0 saturated heterocycles. The zero-order chi connectivity index (χ0) is 13.3. The second kappa shape index (κ2) is 4.97.